The highest BCUT2D eigenvalue weighted by Crippen LogP contribution is 2.23. The molecule has 454 valence electrons. The van der Waals surface area contributed by atoms with Crippen molar-refractivity contribution in [3.8, 4) is 0 Å². The lowest BCUT2D eigenvalue weighted by Crippen LogP contribution is -2.60. The third kappa shape index (κ3) is 47.1. The van der Waals surface area contributed by atoms with E-state index in [1.165, 1.54) is 148 Å². The Labute approximate surface area is 485 Å². The summed E-state index contributed by atoms with van der Waals surface area (Å²) in [7, 11) is 0. The highest BCUT2D eigenvalue weighted by Gasteiger charge is 2.44. The van der Waals surface area contributed by atoms with E-state index >= 15 is 0 Å². The second-order valence-corrected chi connectivity index (χ2v) is 22.2. The van der Waals surface area contributed by atoms with E-state index in [0.717, 1.165) is 96.3 Å². The van der Waals surface area contributed by atoms with Gasteiger partial charge in [0.2, 0.25) is 5.91 Å². The Bertz CT molecular complexity index is 1610. The highest BCUT2D eigenvalue weighted by atomic mass is 16.7. The van der Waals surface area contributed by atoms with Gasteiger partial charge in [-0.2, -0.15) is 0 Å². The van der Waals surface area contributed by atoms with Crippen molar-refractivity contribution in [3.63, 3.8) is 0 Å². The van der Waals surface area contributed by atoms with Crippen LogP contribution in [0.5, 0.6) is 0 Å². The zero-order chi connectivity index (χ0) is 57.2. The Morgan fingerprint density at radius 3 is 1.22 bits per heavy atom. The van der Waals surface area contributed by atoms with Gasteiger partial charge in [-0.1, -0.05) is 277 Å². The number of hydrogen-bond donors (Lipinski definition) is 6. The molecule has 1 saturated heterocycles. The standard InChI is InChI=1S/C70H121NO8/c1-3-5-7-9-11-13-15-17-19-21-23-25-27-28-29-30-31-32-33-34-35-36-38-39-41-43-45-47-49-51-53-55-57-59-64(73)63(62-78-70-69(77)68(76)67(75)65(61-72)79-70)71-66(74)60-58-56-54-52-50-48-46-44-42-40-37-26-24-22-20-18-16-14-12-10-8-6-4-2/h6,8,12,14,18,20,24,26,40-43,46,48-49,51,57,59,63-65,67-70,72-73,75-77H,3-5,7,9-11,13,15-17,19,21-23,25,27-39,44-45,47,50,52-56,58,60-62H2,1-2H3,(H,71,74)/b8-6-,14-12-,20-18-,26-24-,42-40-,43-41+,48-46-,51-49+,59-57+. The molecule has 0 aromatic carbocycles. The van der Waals surface area contributed by atoms with E-state index in [1.54, 1.807) is 6.08 Å². The maximum atomic E-state index is 13.1. The fraction of sp³-hybridized carbons (Fsp3) is 0.729. The SMILES string of the molecule is CC/C=C\C/C=C\C/C=C\C/C=C\C/C=C\C/C=C\CCCCCCC(=O)NC(COC1OC(CO)C(O)C(O)C1O)C(O)/C=C/CC/C=C/CC/C=C/CCCCCCCCCCCCCCCCCCCCCCCCC. The average molecular weight is 1100 g/mol. The summed E-state index contributed by atoms with van der Waals surface area (Å²) in [5, 5.41) is 54.6. The molecule has 1 aliphatic heterocycles. The van der Waals surface area contributed by atoms with Crippen molar-refractivity contribution in [2.45, 2.75) is 314 Å². The first-order chi connectivity index (χ1) is 38.8. The van der Waals surface area contributed by atoms with E-state index in [-0.39, 0.29) is 12.5 Å². The predicted molar refractivity (Wildman–Crippen MR) is 336 cm³/mol. The number of rotatable bonds is 55. The van der Waals surface area contributed by atoms with Crippen molar-refractivity contribution in [2.75, 3.05) is 13.2 Å². The second kappa shape index (κ2) is 58.1. The molecule has 0 aromatic heterocycles. The average Bonchev–Trinajstić information content (AvgIpc) is 3.47. The largest absolute Gasteiger partial charge is 0.394 e. The van der Waals surface area contributed by atoms with Gasteiger partial charge in [-0.05, 0) is 96.3 Å². The molecule has 7 atom stereocenters. The molecule has 1 amide bonds. The number of nitrogens with one attached hydrogen (secondary N) is 1. The Hall–Kier alpha value is -3.15. The van der Waals surface area contributed by atoms with Crippen LogP contribution in [0.3, 0.4) is 0 Å². The Kier molecular flexibility index (Phi) is 54.3. The smallest absolute Gasteiger partial charge is 0.220 e. The molecule has 0 aliphatic carbocycles. The van der Waals surface area contributed by atoms with Crippen LogP contribution in [0, 0.1) is 0 Å². The van der Waals surface area contributed by atoms with E-state index in [9.17, 15) is 30.3 Å². The van der Waals surface area contributed by atoms with Gasteiger partial charge in [0, 0.05) is 6.42 Å². The van der Waals surface area contributed by atoms with Gasteiger partial charge in [0.05, 0.1) is 25.4 Å². The van der Waals surface area contributed by atoms with Crippen molar-refractivity contribution in [2.24, 2.45) is 0 Å². The van der Waals surface area contributed by atoms with Crippen LogP contribution in [0.25, 0.3) is 0 Å². The molecule has 79 heavy (non-hydrogen) atoms. The third-order valence-corrected chi connectivity index (χ3v) is 14.8. The lowest BCUT2D eigenvalue weighted by Gasteiger charge is -2.40. The van der Waals surface area contributed by atoms with Crippen LogP contribution < -0.4 is 5.32 Å². The fourth-order valence-corrected chi connectivity index (χ4v) is 9.72. The summed E-state index contributed by atoms with van der Waals surface area (Å²) in [5.74, 6) is -0.218. The van der Waals surface area contributed by atoms with Crippen molar-refractivity contribution in [3.05, 3.63) is 109 Å². The van der Waals surface area contributed by atoms with Crippen LogP contribution in [0.2, 0.25) is 0 Å². The zero-order valence-corrected chi connectivity index (χ0v) is 50.6. The summed E-state index contributed by atoms with van der Waals surface area (Å²) in [6.45, 7) is 3.64. The van der Waals surface area contributed by atoms with E-state index in [1.807, 2.05) is 6.08 Å². The molecule has 0 spiro atoms. The monoisotopic (exact) mass is 1100 g/mol. The lowest BCUT2D eigenvalue weighted by atomic mass is 9.99. The number of aliphatic hydroxyl groups excluding tert-OH is 5. The summed E-state index contributed by atoms with van der Waals surface area (Å²) < 4.78 is 11.3. The summed E-state index contributed by atoms with van der Waals surface area (Å²) in [6, 6.07) is -0.852. The van der Waals surface area contributed by atoms with Crippen LogP contribution in [0.4, 0.5) is 0 Å². The first kappa shape index (κ1) is 73.9. The molecule has 0 saturated carbocycles. The van der Waals surface area contributed by atoms with Crippen LogP contribution in [-0.2, 0) is 14.3 Å². The molecular weight excluding hydrogens is 983 g/mol. The minimum absolute atomic E-state index is 0.218. The topological polar surface area (TPSA) is 149 Å². The number of aliphatic hydroxyl groups is 5. The maximum absolute atomic E-state index is 13.1. The van der Waals surface area contributed by atoms with Gasteiger partial charge in [-0.15, -0.1) is 0 Å². The molecule has 1 heterocycles. The summed E-state index contributed by atoms with van der Waals surface area (Å²) in [4.78, 5) is 13.1. The summed E-state index contributed by atoms with van der Waals surface area (Å²) in [6.07, 6.45) is 79.0. The summed E-state index contributed by atoms with van der Waals surface area (Å²) >= 11 is 0. The van der Waals surface area contributed by atoms with Gasteiger partial charge in [0.15, 0.2) is 6.29 Å². The van der Waals surface area contributed by atoms with Crippen molar-refractivity contribution in [1.82, 2.24) is 5.32 Å². The normalized spacial score (nSPS) is 19.3. The molecule has 0 aromatic rings. The molecular formula is C70H121NO8. The van der Waals surface area contributed by atoms with Crippen LogP contribution in [-0.4, -0.2) is 87.5 Å². The molecule has 1 fully saturated rings. The van der Waals surface area contributed by atoms with E-state index < -0.39 is 49.5 Å². The van der Waals surface area contributed by atoms with Gasteiger partial charge in [0.25, 0.3) is 0 Å². The molecule has 9 heteroatoms. The second-order valence-electron chi connectivity index (χ2n) is 22.2. The highest BCUT2D eigenvalue weighted by molar-refractivity contribution is 5.76. The number of amides is 1. The van der Waals surface area contributed by atoms with E-state index in [4.69, 9.17) is 9.47 Å². The third-order valence-electron chi connectivity index (χ3n) is 14.8. The first-order valence-corrected chi connectivity index (χ1v) is 32.6. The number of unbranched alkanes of at least 4 members (excludes halogenated alkanes) is 29. The number of hydrogen-bond acceptors (Lipinski definition) is 8. The van der Waals surface area contributed by atoms with Crippen molar-refractivity contribution < 1.29 is 39.8 Å². The Morgan fingerprint density at radius 1 is 0.443 bits per heavy atom. The summed E-state index contributed by atoms with van der Waals surface area (Å²) in [5.41, 5.74) is 0. The number of allylic oxidation sites excluding steroid dienone is 17. The molecule has 9 nitrogen and oxygen atoms in total. The van der Waals surface area contributed by atoms with Gasteiger partial charge < -0.3 is 40.3 Å². The van der Waals surface area contributed by atoms with E-state index in [0.29, 0.717) is 12.8 Å². The quantitative estimate of drug-likeness (QED) is 0.0261. The van der Waals surface area contributed by atoms with Crippen LogP contribution >= 0.6 is 0 Å². The van der Waals surface area contributed by atoms with Crippen molar-refractivity contribution >= 4 is 5.91 Å². The molecule has 1 aliphatic rings. The lowest BCUT2D eigenvalue weighted by molar-refractivity contribution is -0.302. The minimum Gasteiger partial charge on any atom is -0.394 e. The van der Waals surface area contributed by atoms with Gasteiger partial charge >= 0.3 is 0 Å². The fourth-order valence-electron chi connectivity index (χ4n) is 9.72. The number of ether oxygens (including phenoxy) is 2. The molecule has 7 unspecified atom stereocenters. The molecule has 1 rings (SSSR count). The Balaban J connectivity index is 2.22. The van der Waals surface area contributed by atoms with Gasteiger partial charge in [-0.3, -0.25) is 4.79 Å². The minimum atomic E-state index is -1.59. The number of carbonyl (C=O) groups excluding carboxylic acids is 1. The van der Waals surface area contributed by atoms with Crippen molar-refractivity contribution in [1.29, 1.82) is 0 Å². The zero-order valence-electron chi connectivity index (χ0n) is 50.6. The molecule has 6 N–H and O–H groups in total. The van der Waals surface area contributed by atoms with Crippen LogP contribution in [0.15, 0.2) is 109 Å². The van der Waals surface area contributed by atoms with Gasteiger partial charge in [0.1, 0.15) is 24.4 Å². The molecule has 0 radical (unpaired) electrons. The Morgan fingerprint density at radius 2 is 0.797 bits per heavy atom. The van der Waals surface area contributed by atoms with Crippen LogP contribution in [0.1, 0.15) is 271 Å². The first-order valence-electron chi connectivity index (χ1n) is 32.6. The predicted octanol–water partition coefficient (Wildman–Crippen LogP) is 17.3. The maximum Gasteiger partial charge on any atom is 0.220 e. The number of carbonyl (C=O) groups is 1. The van der Waals surface area contributed by atoms with Gasteiger partial charge in [-0.25, -0.2) is 0 Å². The van der Waals surface area contributed by atoms with E-state index in [2.05, 4.69) is 116 Å². The molecule has 0 bridgehead atoms.